The zero-order valence-electron chi connectivity index (χ0n) is 27.7. The number of H-pyrrole nitrogens is 1. The molecule has 1 atom stereocenters. The quantitative estimate of drug-likeness (QED) is 0.191. The van der Waals surface area contributed by atoms with Gasteiger partial charge in [-0.2, -0.15) is 0 Å². The van der Waals surface area contributed by atoms with Crippen molar-refractivity contribution in [1.29, 1.82) is 0 Å². The Labute approximate surface area is 270 Å². The summed E-state index contributed by atoms with van der Waals surface area (Å²) in [5.41, 5.74) is -0.322. The van der Waals surface area contributed by atoms with Gasteiger partial charge in [-0.3, -0.25) is 5.32 Å². The maximum Gasteiger partial charge on any atom is 0.498 e. The number of carbonyl (C=O) groups is 2. The number of para-hydroxylation sites is 1. The molecule has 4 rings (SSSR count). The Morgan fingerprint density at radius 3 is 2.22 bits per heavy atom. The van der Waals surface area contributed by atoms with Crippen LogP contribution in [0.2, 0.25) is 5.15 Å². The first-order chi connectivity index (χ1) is 20.7. The van der Waals surface area contributed by atoms with Crippen LogP contribution in [0.3, 0.4) is 0 Å². The molecule has 0 spiro atoms. The Morgan fingerprint density at radius 1 is 1.00 bits per heavy atom. The van der Waals surface area contributed by atoms with Crippen LogP contribution in [-0.2, 0) is 25.2 Å². The van der Waals surface area contributed by atoms with Crippen LogP contribution in [0.15, 0.2) is 36.5 Å². The summed E-state index contributed by atoms with van der Waals surface area (Å²) in [7, 11) is -0.838. The maximum atomic E-state index is 12.9. The molecule has 45 heavy (non-hydrogen) atoms. The Bertz CT molecular complexity index is 1530. The van der Waals surface area contributed by atoms with Gasteiger partial charge in [0, 0.05) is 22.6 Å². The largest absolute Gasteiger partial charge is 0.498 e. The van der Waals surface area contributed by atoms with Gasteiger partial charge < -0.3 is 33.8 Å². The number of alkyl carbamates (subject to hydrolysis) is 1. The summed E-state index contributed by atoms with van der Waals surface area (Å²) in [6.45, 7) is 18.4. The predicted octanol–water partition coefficient (Wildman–Crippen LogP) is 6.38. The number of nitrogens with zero attached hydrogens (tertiary/aromatic N) is 1. The molecular weight excluding hydrogens is 599 g/mol. The molecule has 13 heteroatoms. The Balaban J connectivity index is 1.66. The predicted molar refractivity (Wildman–Crippen MR) is 175 cm³/mol. The summed E-state index contributed by atoms with van der Waals surface area (Å²) in [4.78, 5) is 33.3. The smallest absolute Gasteiger partial charge is 0.488 e. The minimum atomic E-state index is -0.838. The summed E-state index contributed by atoms with van der Waals surface area (Å²) in [6.07, 6.45) is 1.00. The van der Waals surface area contributed by atoms with E-state index in [0.717, 1.165) is 16.5 Å². The topological polar surface area (TPSA) is 133 Å². The van der Waals surface area contributed by atoms with Gasteiger partial charge in [0.05, 0.1) is 17.2 Å². The van der Waals surface area contributed by atoms with Crippen molar-refractivity contribution >= 4 is 53.1 Å². The van der Waals surface area contributed by atoms with E-state index in [9.17, 15) is 9.59 Å². The molecule has 3 aromatic rings. The number of carbonyl (C=O) groups excluding carboxylic acids is 2. The highest BCUT2D eigenvalue weighted by Gasteiger charge is 2.52. The average molecular weight is 643 g/mol. The number of aromatic nitrogens is 2. The molecule has 0 radical (unpaired) electrons. The molecule has 1 aromatic carbocycles. The highest BCUT2D eigenvalue weighted by atomic mass is 35.5. The molecule has 11 nitrogen and oxygen atoms in total. The molecule has 2 amide bonds. The third-order valence-corrected chi connectivity index (χ3v) is 7.70. The van der Waals surface area contributed by atoms with E-state index in [-0.39, 0.29) is 23.3 Å². The van der Waals surface area contributed by atoms with E-state index < -0.39 is 47.8 Å². The Morgan fingerprint density at radius 2 is 1.60 bits per heavy atom. The molecular formula is C32H44BClN4O7. The van der Waals surface area contributed by atoms with Gasteiger partial charge in [0.25, 0.3) is 0 Å². The zero-order chi connectivity index (χ0) is 33.4. The number of hydrogen-bond donors (Lipinski definition) is 3. The van der Waals surface area contributed by atoms with Crippen molar-refractivity contribution in [1.82, 2.24) is 15.3 Å². The number of benzene rings is 1. The average Bonchev–Trinajstić information content (AvgIpc) is 3.37. The minimum Gasteiger partial charge on any atom is -0.488 e. The lowest BCUT2D eigenvalue weighted by Gasteiger charge is -2.32. The second kappa shape index (κ2) is 12.7. The van der Waals surface area contributed by atoms with E-state index >= 15 is 0 Å². The van der Waals surface area contributed by atoms with Crippen molar-refractivity contribution in [3.63, 3.8) is 0 Å². The first-order valence-corrected chi connectivity index (χ1v) is 15.3. The van der Waals surface area contributed by atoms with E-state index in [4.69, 9.17) is 35.1 Å². The number of fused-ring (bicyclic) bond motifs is 1. The van der Waals surface area contributed by atoms with Gasteiger partial charge in [-0.15, -0.1) is 0 Å². The van der Waals surface area contributed by atoms with Crippen molar-refractivity contribution in [3.05, 3.63) is 47.2 Å². The second-order valence-corrected chi connectivity index (χ2v) is 14.5. The molecule has 1 saturated heterocycles. The highest BCUT2D eigenvalue weighted by Crippen LogP contribution is 2.38. The summed E-state index contributed by atoms with van der Waals surface area (Å²) in [5.74, 6) is 0.225. The Hall–Kier alpha value is -3.48. The number of anilines is 1. The van der Waals surface area contributed by atoms with Crippen LogP contribution in [0.1, 0.15) is 74.8 Å². The molecule has 1 aliphatic heterocycles. The van der Waals surface area contributed by atoms with Crippen molar-refractivity contribution in [3.8, 4) is 5.75 Å². The molecule has 0 bridgehead atoms. The maximum absolute atomic E-state index is 12.9. The fourth-order valence-corrected chi connectivity index (χ4v) is 4.83. The molecule has 1 unspecified atom stereocenters. The van der Waals surface area contributed by atoms with E-state index in [1.54, 1.807) is 47.6 Å². The van der Waals surface area contributed by atoms with Gasteiger partial charge in [-0.25, -0.2) is 14.6 Å². The number of nitrogens with one attached hydrogen (secondary N) is 3. The third kappa shape index (κ3) is 8.83. The summed E-state index contributed by atoms with van der Waals surface area (Å²) in [5, 5.41) is 6.66. The van der Waals surface area contributed by atoms with Gasteiger partial charge in [0.15, 0.2) is 11.6 Å². The van der Waals surface area contributed by atoms with Crippen LogP contribution in [-0.4, -0.2) is 64.3 Å². The summed E-state index contributed by atoms with van der Waals surface area (Å²) >= 11 is 6.63. The lowest BCUT2D eigenvalue weighted by Crippen LogP contribution is -2.43. The normalized spacial score (nSPS) is 16.7. The highest BCUT2D eigenvalue weighted by molar-refractivity contribution is 6.65. The number of ether oxygens (including phenoxy) is 3. The van der Waals surface area contributed by atoms with Gasteiger partial charge in [-0.05, 0) is 93.4 Å². The number of halogens is 1. The Kier molecular flexibility index (Phi) is 9.73. The number of hydrogen-bond acceptors (Lipinski definition) is 8. The van der Waals surface area contributed by atoms with Gasteiger partial charge in [0.1, 0.15) is 23.0 Å². The molecule has 0 aliphatic carbocycles. The van der Waals surface area contributed by atoms with Crippen LogP contribution >= 0.6 is 11.6 Å². The fourth-order valence-electron chi connectivity index (χ4n) is 4.60. The van der Waals surface area contributed by atoms with Crippen molar-refractivity contribution in [2.75, 3.05) is 11.9 Å². The van der Waals surface area contributed by atoms with Gasteiger partial charge in [-0.1, -0.05) is 29.8 Å². The SMILES string of the molecule is CC(C)(C)OC(=O)Nc1nc(Cl)c(B2OC(C)(C)C(C)(C)O2)cc1OCC(Cc1c[nH]c2ccccc12)NC(=O)OC(C)(C)C. The van der Waals surface area contributed by atoms with Crippen LogP contribution in [0.25, 0.3) is 10.9 Å². The van der Waals surface area contributed by atoms with E-state index in [0.29, 0.717) is 11.9 Å². The lowest BCUT2D eigenvalue weighted by molar-refractivity contribution is 0.00578. The number of aromatic amines is 1. The van der Waals surface area contributed by atoms with Gasteiger partial charge >= 0.3 is 19.3 Å². The molecule has 3 N–H and O–H groups in total. The van der Waals surface area contributed by atoms with Crippen LogP contribution in [0.5, 0.6) is 5.75 Å². The minimum absolute atomic E-state index is 0.00608. The third-order valence-electron chi connectivity index (χ3n) is 7.40. The van der Waals surface area contributed by atoms with E-state index in [1.165, 1.54) is 0 Å². The number of amides is 2. The molecule has 0 saturated carbocycles. The lowest BCUT2D eigenvalue weighted by atomic mass is 9.80. The van der Waals surface area contributed by atoms with E-state index in [2.05, 4.69) is 20.6 Å². The van der Waals surface area contributed by atoms with Gasteiger partial charge in [0.2, 0.25) is 0 Å². The van der Waals surface area contributed by atoms with Crippen molar-refractivity contribution < 1.29 is 33.1 Å². The molecule has 3 heterocycles. The summed E-state index contributed by atoms with van der Waals surface area (Å²) < 4.78 is 29.7. The van der Waals surface area contributed by atoms with Crippen molar-refractivity contribution in [2.24, 2.45) is 0 Å². The molecule has 1 aliphatic rings. The zero-order valence-corrected chi connectivity index (χ0v) is 28.5. The number of rotatable bonds is 8. The first kappa shape index (κ1) is 34.4. The summed E-state index contributed by atoms with van der Waals surface area (Å²) in [6, 6.07) is 8.99. The standard InChI is InChI=1S/C32H44BClN4O7/c1-29(2,3)42-27(39)36-20(15-19-17-35-23-14-12-11-13-21(19)23)18-41-24-16-22(33-44-31(7,8)32(9,10)45-33)25(34)37-26(24)38-28(40)43-30(4,5)6/h11-14,16-17,20,35H,15,18H2,1-10H3,(H,36,39)(H,37,38,40). The molecule has 244 valence electrons. The first-order valence-electron chi connectivity index (χ1n) is 15.0. The van der Waals surface area contributed by atoms with Crippen molar-refractivity contribution in [2.45, 2.75) is 104 Å². The number of pyridine rings is 1. The second-order valence-electron chi connectivity index (χ2n) is 14.1. The molecule has 2 aromatic heterocycles. The monoisotopic (exact) mass is 642 g/mol. The van der Waals surface area contributed by atoms with E-state index in [1.807, 2.05) is 58.2 Å². The van der Waals surface area contributed by atoms with Crippen LogP contribution < -0.4 is 20.8 Å². The van der Waals surface area contributed by atoms with Crippen LogP contribution in [0, 0.1) is 0 Å². The fraction of sp³-hybridized carbons (Fsp3) is 0.531. The molecule has 1 fully saturated rings. The van der Waals surface area contributed by atoms with Crippen LogP contribution in [0.4, 0.5) is 15.4 Å².